The van der Waals surface area contributed by atoms with Gasteiger partial charge in [-0.05, 0) is 12.3 Å². The molecule has 0 aliphatic carbocycles. The van der Waals surface area contributed by atoms with E-state index in [0.29, 0.717) is 32.0 Å². The average Bonchev–Trinajstić information content (AvgIpc) is 2.57. The Hall–Kier alpha value is -0.170. The van der Waals surface area contributed by atoms with Gasteiger partial charge < -0.3 is 10.1 Å². The molecule has 5 nitrogen and oxygen atoms in total. The number of hydrogen-bond acceptors (Lipinski definition) is 4. The van der Waals surface area contributed by atoms with Crippen LogP contribution >= 0.6 is 0 Å². The van der Waals surface area contributed by atoms with Gasteiger partial charge in [-0.1, -0.05) is 13.8 Å². The predicted octanol–water partition coefficient (Wildman–Crippen LogP) is -0.213. The second-order valence-corrected chi connectivity index (χ2v) is 8.01. The zero-order valence-corrected chi connectivity index (χ0v) is 11.2. The van der Waals surface area contributed by atoms with E-state index in [0.717, 1.165) is 6.54 Å². The van der Waals surface area contributed by atoms with Crippen LogP contribution in [0.3, 0.4) is 0 Å². The number of hydrogen-bond donors (Lipinski definition) is 1. The number of ether oxygens (including phenoxy) is 1. The zero-order valence-electron chi connectivity index (χ0n) is 10.3. The molecule has 1 N–H and O–H groups in total. The van der Waals surface area contributed by atoms with Crippen LogP contribution < -0.4 is 5.32 Å². The van der Waals surface area contributed by atoms with Crippen molar-refractivity contribution in [1.29, 1.82) is 0 Å². The van der Waals surface area contributed by atoms with Gasteiger partial charge in [0.25, 0.3) is 0 Å². The summed E-state index contributed by atoms with van der Waals surface area (Å²) in [6.07, 6.45) is 0.744. The number of morpholine rings is 1. The van der Waals surface area contributed by atoms with Gasteiger partial charge in [0.2, 0.25) is 10.0 Å². The lowest BCUT2D eigenvalue weighted by molar-refractivity contribution is -0.0634. The fraction of sp³-hybridized carbons (Fsp3) is 1.00. The lowest BCUT2D eigenvalue weighted by Crippen LogP contribution is -2.53. The first-order chi connectivity index (χ1) is 7.94. The molecule has 98 valence electrons. The molecule has 3 aliphatic rings. The van der Waals surface area contributed by atoms with Crippen molar-refractivity contribution in [1.82, 2.24) is 9.62 Å². The maximum Gasteiger partial charge on any atom is 0.220 e. The molecule has 6 heteroatoms. The lowest BCUT2D eigenvalue weighted by Gasteiger charge is -2.32. The Bertz CT molecular complexity index is 422. The molecule has 0 aromatic heterocycles. The largest absolute Gasteiger partial charge is 0.366 e. The number of fused-ring (bicyclic) bond motifs is 1. The molecule has 0 unspecified atom stereocenters. The summed E-state index contributed by atoms with van der Waals surface area (Å²) in [5.74, 6) is 0.354. The molecule has 0 radical (unpaired) electrons. The van der Waals surface area contributed by atoms with Crippen LogP contribution in [0.2, 0.25) is 0 Å². The van der Waals surface area contributed by atoms with Crippen LogP contribution in [0.1, 0.15) is 20.3 Å². The van der Waals surface area contributed by atoms with E-state index in [1.165, 1.54) is 0 Å². The summed E-state index contributed by atoms with van der Waals surface area (Å²) < 4.78 is 32.5. The minimum Gasteiger partial charge on any atom is -0.366 e. The highest BCUT2D eigenvalue weighted by atomic mass is 32.2. The van der Waals surface area contributed by atoms with Gasteiger partial charge in [0.1, 0.15) is 10.9 Å². The number of sulfonamides is 1. The molecule has 0 aromatic carbocycles. The third-order valence-corrected chi connectivity index (χ3v) is 6.33. The quantitative estimate of drug-likeness (QED) is 0.746. The van der Waals surface area contributed by atoms with Crippen molar-refractivity contribution in [2.45, 2.75) is 37.2 Å². The Balaban J connectivity index is 1.91. The summed E-state index contributed by atoms with van der Waals surface area (Å²) in [5, 5.41) is 2.98. The van der Waals surface area contributed by atoms with Gasteiger partial charge in [0.15, 0.2) is 0 Å². The van der Waals surface area contributed by atoms with Crippen molar-refractivity contribution in [3.63, 3.8) is 0 Å². The van der Waals surface area contributed by atoms with Crippen molar-refractivity contribution < 1.29 is 13.2 Å². The van der Waals surface area contributed by atoms with Crippen molar-refractivity contribution in [3.8, 4) is 0 Å². The van der Waals surface area contributed by atoms with Gasteiger partial charge in [-0.2, -0.15) is 4.31 Å². The van der Waals surface area contributed by atoms with Crippen LogP contribution in [-0.4, -0.2) is 55.9 Å². The predicted molar refractivity (Wildman–Crippen MR) is 64.2 cm³/mol. The molecule has 0 amide bonds. The van der Waals surface area contributed by atoms with E-state index in [1.807, 2.05) is 13.8 Å². The Kier molecular flexibility index (Phi) is 2.56. The third kappa shape index (κ3) is 1.65. The first-order valence-corrected chi connectivity index (χ1v) is 7.82. The van der Waals surface area contributed by atoms with Crippen molar-refractivity contribution in [2.24, 2.45) is 5.92 Å². The normalized spacial score (nSPS) is 44.2. The van der Waals surface area contributed by atoms with Crippen molar-refractivity contribution in [2.75, 3.05) is 26.2 Å². The first-order valence-electron chi connectivity index (χ1n) is 6.31. The van der Waals surface area contributed by atoms with Crippen LogP contribution in [0, 0.1) is 5.92 Å². The molecule has 2 bridgehead atoms. The van der Waals surface area contributed by atoms with Gasteiger partial charge in [0.05, 0.1) is 6.10 Å². The van der Waals surface area contributed by atoms with Crippen LogP contribution in [0.15, 0.2) is 0 Å². The molecule has 3 heterocycles. The van der Waals surface area contributed by atoms with Gasteiger partial charge in [-0.3, -0.25) is 0 Å². The molecule has 3 saturated heterocycles. The Labute approximate surface area is 103 Å². The Morgan fingerprint density at radius 1 is 1.53 bits per heavy atom. The molecule has 0 saturated carbocycles. The first kappa shape index (κ1) is 11.9. The van der Waals surface area contributed by atoms with Crippen molar-refractivity contribution in [3.05, 3.63) is 0 Å². The summed E-state index contributed by atoms with van der Waals surface area (Å²) in [6.45, 7) is 6.68. The summed E-state index contributed by atoms with van der Waals surface area (Å²) >= 11 is 0. The van der Waals surface area contributed by atoms with E-state index in [-0.39, 0.29) is 11.4 Å². The van der Waals surface area contributed by atoms with Gasteiger partial charge in [-0.15, -0.1) is 0 Å². The lowest BCUT2D eigenvalue weighted by atomic mass is 10.00. The average molecular weight is 260 g/mol. The SMILES string of the molecule is CC(C)CN1C[C@@]23CNC[C@@H](C[C@@H]2S1(=O)=O)O3. The molecule has 3 fully saturated rings. The molecule has 3 aliphatic heterocycles. The monoisotopic (exact) mass is 260 g/mol. The highest BCUT2D eigenvalue weighted by Gasteiger charge is 2.63. The molecular weight excluding hydrogens is 240 g/mol. The topological polar surface area (TPSA) is 58.6 Å². The smallest absolute Gasteiger partial charge is 0.220 e. The van der Waals surface area contributed by atoms with E-state index in [9.17, 15) is 8.42 Å². The van der Waals surface area contributed by atoms with Crippen LogP contribution in [0.4, 0.5) is 0 Å². The minimum absolute atomic E-state index is 0.0877. The van der Waals surface area contributed by atoms with Gasteiger partial charge >= 0.3 is 0 Å². The minimum atomic E-state index is -3.15. The second kappa shape index (κ2) is 3.66. The second-order valence-electron chi connectivity index (χ2n) is 5.89. The summed E-state index contributed by atoms with van der Waals surface area (Å²) in [5.41, 5.74) is -0.476. The van der Waals surface area contributed by atoms with E-state index >= 15 is 0 Å². The van der Waals surface area contributed by atoms with Crippen LogP contribution in [0.25, 0.3) is 0 Å². The standard InChI is InChI=1S/C11H20N2O3S/c1-8(2)5-13-7-11-6-12-4-9(16-11)3-10(11)17(13,14)15/h8-10,12H,3-7H2,1-2H3/t9-,10+,11+/m1/s1. The van der Waals surface area contributed by atoms with E-state index in [2.05, 4.69) is 5.32 Å². The maximum atomic E-state index is 12.5. The zero-order chi connectivity index (χ0) is 12.3. The summed E-state index contributed by atoms with van der Waals surface area (Å²) in [7, 11) is -3.15. The Morgan fingerprint density at radius 3 is 3.00 bits per heavy atom. The van der Waals surface area contributed by atoms with Crippen LogP contribution in [0.5, 0.6) is 0 Å². The summed E-state index contributed by atoms with van der Waals surface area (Å²) in [4.78, 5) is 0. The van der Waals surface area contributed by atoms with Crippen LogP contribution in [-0.2, 0) is 14.8 Å². The number of rotatable bonds is 2. The highest BCUT2D eigenvalue weighted by molar-refractivity contribution is 7.90. The molecule has 3 rings (SSSR count). The fourth-order valence-corrected chi connectivity index (χ4v) is 5.85. The van der Waals surface area contributed by atoms with Gasteiger partial charge in [0, 0.05) is 26.2 Å². The molecule has 17 heavy (non-hydrogen) atoms. The fourth-order valence-electron chi connectivity index (χ4n) is 3.37. The number of nitrogens with one attached hydrogen (secondary N) is 1. The van der Waals surface area contributed by atoms with Gasteiger partial charge in [-0.25, -0.2) is 8.42 Å². The molecule has 3 atom stereocenters. The molecular formula is C11H20N2O3S. The van der Waals surface area contributed by atoms with E-state index in [1.54, 1.807) is 4.31 Å². The maximum absolute atomic E-state index is 12.5. The van der Waals surface area contributed by atoms with E-state index in [4.69, 9.17) is 4.74 Å². The highest BCUT2D eigenvalue weighted by Crippen LogP contribution is 2.44. The summed E-state index contributed by atoms with van der Waals surface area (Å²) in [6, 6.07) is 0. The Morgan fingerprint density at radius 2 is 2.29 bits per heavy atom. The van der Waals surface area contributed by atoms with Crippen molar-refractivity contribution >= 4 is 10.0 Å². The molecule has 1 spiro atoms. The number of nitrogens with zero attached hydrogens (tertiary/aromatic N) is 1. The third-order valence-electron chi connectivity index (χ3n) is 3.99. The molecule has 0 aromatic rings. The van der Waals surface area contributed by atoms with E-state index < -0.39 is 15.6 Å².